The van der Waals surface area contributed by atoms with Crippen LogP contribution >= 0.6 is 0 Å². The second-order valence-electron chi connectivity index (χ2n) is 13.4. The largest absolute Gasteiger partial charge is 0.332 e. The molecule has 45 heavy (non-hydrogen) atoms. The lowest BCUT2D eigenvalue weighted by atomic mass is 9.63. The van der Waals surface area contributed by atoms with Gasteiger partial charge in [0.05, 0.1) is 22.8 Å². The maximum Gasteiger partial charge on any atom is 0.0722 e. The van der Waals surface area contributed by atoms with Gasteiger partial charge < -0.3 is 9.80 Å². The number of hydrogen-bond donors (Lipinski definition) is 0. The molecule has 2 unspecified atom stereocenters. The first-order valence-corrected chi connectivity index (χ1v) is 16.2. The molecule has 2 aliphatic carbocycles. The van der Waals surface area contributed by atoms with Gasteiger partial charge in [-0.15, -0.1) is 0 Å². The Hall–Kier alpha value is -4.82. The summed E-state index contributed by atoms with van der Waals surface area (Å²) < 4.78 is 0. The fourth-order valence-electron chi connectivity index (χ4n) is 8.27. The Morgan fingerprint density at radius 1 is 0.733 bits per heavy atom. The average Bonchev–Trinajstić information content (AvgIpc) is 3.36. The first-order chi connectivity index (χ1) is 21.8. The molecule has 5 aromatic carbocycles. The zero-order valence-corrected chi connectivity index (χ0v) is 27.1. The van der Waals surface area contributed by atoms with Gasteiger partial charge in [-0.05, 0) is 107 Å². The van der Waals surface area contributed by atoms with Crippen molar-refractivity contribution in [3.8, 4) is 0 Å². The molecular weight excluding hydrogens is 544 g/mol. The number of anilines is 5. The fourth-order valence-corrected chi connectivity index (χ4v) is 8.27. The summed E-state index contributed by atoms with van der Waals surface area (Å²) >= 11 is 0. The highest BCUT2D eigenvalue weighted by atomic mass is 15.2. The van der Waals surface area contributed by atoms with Crippen LogP contribution in [0.4, 0.5) is 28.4 Å². The standard InChI is InChI=1S/C43H40N2/c1-27-13-19-33(20-14-27)44(38-12-8-7-10-30(38)4)40-36-24-18-32(6)43-25-9-11-31(5)42(43)45(34-21-15-28(2)16-22-34)41(39(36)43)35-23-17-29(3)26-37(35)40/h7-23,25-26,42H,24H2,1-6H3. The third kappa shape index (κ3) is 3.94. The maximum atomic E-state index is 2.67. The number of allylic oxidation sites excluding steroid dienone is 3. The van der Waals surface area contributed by atoms with Gasteiger partial charge in [0, 0.05) is 27.8 Å². The predicted octanol–water partition coefficient (Wildman–Crippen LogP) is 11.3. The lowest BCUT2D eigenvalue weighted by Gasteiger charge is -2.43. The first-order valence-electron chi connectivity index (χ1n) is 16.2. The van der Waals surface area contributed by atoms with Gasteiger partial charge in [-0.2, -0.15) is 0 Å². The molecule has 8 rings (SSSR count). The first kappa shape index (κ1) is 27.7. The van der Waals surface area contributed by atoms with Crippen molar-refractivity contribution < 1.29 is 0 Å². The van der Waals surface area contributed by atoms with Crippen molar-refractivity contribution in [2.75, 3.05) is 9.80 Å². The highest BCUT2D eigenvalue weighted by Crippen LogP contribution is 2.63. The van der Waals surface area contributed by atoms with Gasteiger partial charge in [0.2, 0.25) is 0 Å². The molecule has 3 aliphatic rings. The van der Waals surface area contributed by atoms with E-state index in [9.17, 15) is 0 Å². The molecular formula is C43H40N2. The topological polar surface area (TPSA) is 6.48 Å². The van der Waals surface area contributed by atoms with E-state index < -0.39 is 0 Å². The summed E-state index contributed by atoms with van der Waals surface area (Å²) in [5.74, 6) is 0. The third-order valence-corrected chi connectivity index (χ3v) is 10.5. The zero-order chi connectivity index (χ0) is 31.0. The minimum Gasteiger partial charge on any atom is -0.332 e. The Morgan fingerprint density at radius 2 is 1.42 bits per heavy atom. The number of fused-ring (bicyclic) bond motifs is 2. The second kappa shape index (κ2) is 10.1. The third-order valence-electron chi connectivity index (χ3n) is 10.5. The number of aryl methyl sites for hydroxylation is 4. The Kier molecular flexibility index (Phi) is 6.22. The van der Waals surface area contributed by atoms with Crippen LogP contribution in [-0.4, -0.2) is 6.04 Å². The van der Waals surface area contributed by atoms with Gasteiger partial charge in [-0.25, -0.2) is 0 Å². The van der Waals surface area contributed by atoms with E-state index >= 15 is 0 Å². The molecule has 2 heteroatoms. The normalized spacial score (nSPS) is 19.7. The lowest BCUT2D eigenvalue weighted by Crippen LogP contribution is -2.45. The Labute approximate surface area is 267 Å². The minimum atomic E-state index is -0.245. The second-order valence-corrected chi connectivity index (χ2v) is 13.4. The van der Waals surface area contributed by atoms with E-state index in [1.54, 1.807) is 0 Å². The SMILES string of the molecule is CC1=CC=CC23C(C)=CCc4c2c(c2ccc(C)cc2c4N(c2ccc(C)cc2)c2ccccc2C)N(c2ccc(C)cc2)C13. The van der Waals surface area contributed by atoms with Crippen molar-refractivity contribution in [2.45, 2.75) is 59.4 Å². The highest BCUT2D eigenvalue weighted by Gasteiger charge is 2.56. The summed E-state index contributed by atoms with van der Waals surface area (Å²) in [7, 11) is 0. The fraction of sp³-hybridized carbons (Fsp3) is 0.209. The molecule has 5 aromatic rings. The van der Waals surface area contributed by atoms with Crippen molar-refractivity contribution >= 4 is 39.2 Å². The van der Waals surface area contributed by atoms with Crippen LogP contribution in [0.2, 0.25) is 0 Å². The molecule has 2 atom stereocenters. The molecule has 0 radical (unpaired) electrons. The summed E-state index contributed by atoms with van der Waals surface area (Å²) in [5, 5.41) is 2.61. The predicted molar refractivity (Wildman–Crippen MR) is 192 cm³/mol. The van der Waals surface area contributed by atoms with Gasteiger partial charge in [0.15, 0.2) is 0 Å². The molecule has 222 valence electrons. The molecule has 1 aliphatic heterocycles. The summed E-state index contributed by atoms with van der Waals surface area (Å²) in [5.41, 5.74) is 16.9. The van der Waals surface area contributed by atoms with Crippen LogP contribution in [0.5, 0.6) is 0 Å². The van der Waals surface area contributed by atoms with Gasteiger partial charge >= 0.3 is 0 Å². The quantitative estimate of drug-likeness (QED) is 0.194. The summed E-state index contributed by atoms with van der Waals surface area (Å²) in [6.07, 6.45) is 10.5. The summed E-state index contributed by atoms with van der Waals surface area (Å²) in [4.78, 5) is 5.22. The number of benzene rings is 5. The molecule has 1 heterocycles. The average molecular weight is 585 g/mol. The van der Waals surface area contributed by atoms with Gasteiger partial charge in [0.25, 0.3) is 0 Å². The molecule has 0 bridgehead atoms. The molecule has 0 amide bonds. The monoisotopic (exact) mass is 584 g/mol. The smallest absolute Gasteiger partial charge is 0.0722 e. The number of nitrogens with zero attached hydrogens (tertiary/aromatic N) is 2. The van der Waals surface area contributed by atoms with E-state index in [4.69, 9.17) is 0 Å². The summed E-state index contributed by atoms with van der Waals surface area (Å²) in [6.45, 7) is 13.5. The van der Waals surface area contributed by atoms with Crippen molar-refractivity contribution in [1.29, 1.82) is 0 Å². The van der Waals surface area contributed by atoms with Crippen LogP contribution in [0.25, 0.3) is 10.8 Å². The Morgan fingerprint density at radius 3 is 2.16 bits per heavy atom. The molecule has 2 nitrogen and oxygen atoms in total. The maximum absolute atomic E-state index is 2.67. The number of rotatable bonds is 4. The molecule has 0 saturated heterocycles. The highest BCUT2D eigenvalue weighted by molar-refractivity contribution is 6.12. The van der Waals surface area contributed by atoms with Crippen LogP contribution < -0.4 is 9.80 Å². The van der Waals surface area contributed by atoms with E-state index in [0.29, 0.717) is 0 Å². The van der Waals surface area contributed by atoms with E-state index in [1.807, 2.05) is 0 Å². The van der Waals surface area contributed by atoms with Crippen LogP contribution in [0.1, 0.15) is 47.2 Å². The Balaban J connectivity index is 1.56. The molecule has 1 spiro atoms. The molecule has 0 saturated carbocycles. The van der Waals surface area contributed by atoms with Gasteiger partial charge in [-0.3, -0.25) is 0 Å². The molecule has 0 aromatic heterocycles. The van der Waals surface area contributed by atoms with E-state index in [0.717, 1.165) is 6.42 Å². The number of para-hydroxylation sites is 1. The summed E-state index contributed by atoms with van der Waals surface area (Å²) in [6, 6.07) is 34.3. The van der Waals surface area contributed by atoms with Crippen molar-refractivity contribution in [3.63, 3.8) is 0 Å². The van der Waals surface area contributed by atoms with Crippen LogP contribution in [-0.2, 0) is 11.8 Å². The minimum absolute atomic E-state index is 0.168. The van der Waals surface area contributed by atoms with E-state index in [1.165, 1.54) is 83.7 Å². The van der Waals surface area contributed by atoms with Crippen molar-refractivity contribution in [1.82, 2.24) is 0 Å². The van der Waals surface area contributed by atoms with Crippen LogP contribution in [0.15, 0.2) is 126 Å². The zero-order valence-electron chi connectivity index (χ0n) is 27.1. The van der Waals surface area contributed by atoms with E-state index in [-0.39, 0.29) is 11.5 Å². The lowest BCUT2D eigenvalue weighted by molar-refractivity contribution is 0.544. The number of hydrogen-bond acceptors (Lipinski definition) is 2. The van der Waals surface area contributed by atoms with E-state index in [2.05, 4.69) is 167 Å². The Bertz CT molecular complexity index is 2090. The van der Waals surface area contributed by atoms with Crippen molar-refractivity contribution in [2.24, 2.45) is 0 Å². The molecule has 0 N–H and O–H groups in total. The van der Waals surface area contributed by atoms with Crippen LogP contribution in [0, 0.1) is 27.7 Å². The molecule has 0 fully saturated rings. The van der Waals surface area contributed by atoms with Gasteiger partial charge in [-0.1, -0.05) is 101 Å². The van der Waals surface area contributed by atoms with Crippen LogP contribution in [0.3, 0.4) is 0 Å². The van der Waals surface area contributed by atoms with Crippen molar-refractivity contribution in [3.05, 3.63) is 160 Å². The van der Waals surface area contributed by atoms with Gasteiger partial charge in [0.1, 0.15) is 0 Å².